The predicted octanol–water partition coefficient (Wildman–Crippen LogP) is 1.43. The van der Waals surface area contributed by atoms with Crippen LogP contribution in [0.3, 0.4) is 0 Å². The molecule has 1 N–H and O–H groups in total. The maximum atomic E-state index is 10.9. The minimum Gasteiger partial charge on any atom is -0.494 e. The second kappa shape index (κ2) is 6.85. The average Bonchev–Trinajstić information content (AvgIpc) is 2.31. The maximum Gasteiger partial charge on any atom is 0.214 e. The van der Waals surface area contributed by atoms with Crippen LogP contribution in [-0.2, 0) is 4.79 Å². The lowest BCUT2D eigenvalue weighted by molar-refractivity contribution is -0.107. The number of nitrogens with zero attached hydrogens (tertiary/aromatic N) is 1. The number of carbonyl (C=O) groups excluding carboxylic acids is 1. The van der Waals surface area contributed by atoms with Crippen LogP contribution in [0.4, 0.5) is 5.69 Å². The van der Waals surface area contributed by atoms with E-state index in [2.05, 4.69) is 0 Å². The number of carbonyl (C=O) groups is 1. The molecule has 0 spiro atoms. The number of benzene rings is 1. The van der Waals surface area contributed by atoms with Gasteiger partial charge in [-0.15, -0.1) is 0 Å². The van der Waals surface area contributed by atoms with Gasteiger partial charge in [0, 0.05) is 24.9 Å². The lowest BCUT2D eigenvalue weighted by Crippen LogP contribution is -2.22. The van der Waals surface area contributed by atoms with Crippen molar-refractivity contribution in [3.63, 3.8) is 0 Å². The number of aliphatic hydroxyl groups is 1. The third kappa shape index (κ3) is 3.55. The first kappa shape index (κ1) is 12.5. The van der Waals surface area contributed by atoms with Crippen LogP contribution in [0, 0.1) is 0 Å². The standard InChI is InChI=1S/C12H17NO3/c1-2-16-12-6-3-5-11(9-12)13(10-15)7-4-8-14/h3,5-6,9-10,14H,2,4,7-8H2,1H3. The minimum absolute atomic E-state index is 0.0789. The molecule has 0 saturated carbocycles. The molecule has 1 aromatic rings. The van der Waals surface area contributed by atoms with Crippen molar-refractivity contribution < 1.29 is 14.6 Å². The van der Waals surface area contributed by atoms with Gasteiger partial charge in [-0.05, 0) is 25.5 Å². The maximum absolute atomic E-state index is 10.9. The highest BCUT2D eigenvalue weighted by molar-refractivity contribution is 5.75. The highest BCUT2D eigenvalue weighted by atomic mass is 16.5. The summed E-state index contributed by atoms with van der Waals surface area (Å²) in [5.41, 5.74) is 0.786. The van der Waals surface area contributed by atoms with Gasteiger partial charge in [-0.3, -0.25) is 4.79 Å². The summed E-state index contributed by atoms with van der Waals surface area (Å²) in [6, 6.07) is 7.35. The van der Waals surface area contributed by atoms with E-state index in [0.717, 1.165) is 17.8 Å². The number of rotatable bonds is 7. The van der Waals surface area contributed by atoms with E-state index in [9.17, 15) is 4.79 Å². The van der Waals surface area contributed by atoms with Gasteiger partial charge < -0.3 is 14.7 Å². The van der Waals surface area contributed by atoms with Crippen molar-refractivity contribution in [2.45, 2.75) is 13.3 Å². The second-order valence-corrected chi connectivity index (χ2v) is 3.31. The van der Waals surface area contributed by atoms with Gasteiger partial charge in [0.05, 0.1) is 6.61 Å². The summed E-state index contributed by atoms with van der Waals surface area (Å²) in [6.45, 7) is 3.10. The van der Waals surface area contributed by atoms with Gasteiger partial charge in [-0.25, -0.2) is 0 Å². The predicted molar refractivity (Wildman–Crippen MR) is 62.7 cm³/mol. The van der Waals surface area contributed by atoms with Crippen LogP contribution in [0.25, 0.3) is 0 Å². The molecule has 0 bridgehead atoms. The molecule has 0 fully saturated rings. The van der Waals surface area contributed by atoms with Gasteiger partial charge in [0.1, 0.15) is 5.75 Å². The zero-order chi connectivity index (χ0) is 11.8. The van der Waals surface area contributed by atoms with E-state index < -0.39 is 0 Å². The van der Waals surface area contributed by atoms with Crippen LogP contribution < -0.4 is 9.64 Å². The van der Waals surface area contributed by atoms with Crippen molar-refractivity contribution in [1.82, 2.24) is 0 Å². The molecular formula is C12H17NO3. The number of anilines is 1. The minimum atomic E-state index is 0.0789. The Bertz CT molecular complexity index is 328. The second-order valence-electron chi connectivity index (χ2n) is 3.31. The normalized spacial score (nSPS) is 9.88. The summed E-state index contributed by atoms with van der Waals surface area (Å²) in [4.78, 5) is 12.4. The van der Waals surface area contributed by atoms with Gasteiger partial charge >= 0.3 is 0 Å². The van der Waals surface area contributed by atoms with Gasteiger partial charge in [0.15, 0.2) is 0 Å². The SMILES string of the molecule is CCOc1cccc(N(C=O)CCCO)c1. The summed E-state index contributed by atoms with van der Waals surface area (Å²) in [5.74, 6) is 0.746. The van der Waals surface area contributed by atoms with Gasteiger partial charge in [-0.1, -0.05) is 6.07 Å². The van der Waals surface area contributed by atoms with Gasteiger partial charge in [-0.2, -0.15) is 0 Å². The molecule has 0 radical (unpaired) electrons. The monoisotopic (exact) mass is 223 g/mol. The number of hydrogen-bond donors (Lipinski definition) is 1. The largest absolute Gasteiger partial charge is 0.494 e. The summed E-state index contributed by atoms with van der Waals surface area (Å²) in [5, 5.41) is 8.73. The molecule has 0 aliphatic carbocycles. The molecule has 4 nitrogen and oxygen atoms in total. The smallest absolute Gasteiger partial charge is 0.214 e. The molecule has 0 aliphatic rings. The number of aliphatic hydroxyl groups excluding tert-OH is 1. The molecule has 0 aromatic heterocycles. The van der Waals surface area contributed by atoms with E-state index in [-0.39, 0.29) is 6.61 Å². The average molecular weight is 223 g/mol. The first-order chi connectivity index (χ1) is 7.81. The number of hydrogen-bond acceptors (Lipinski definition) is 3. The van der Waals surface area contributed by atoms with E-state index in [4.69, 9.17) is 9.84 Å². The Kier molecular flexibility index (Phi) is 5.36. The van der Waals surface area contributed by atoms with E-state index >= 15 is 0 Å². The van der Waals surface area contributed by atoms with Crippen molar-refractivity contribution in [3.8, 4) is 5.75 Å². The summed E-state index contributed by atoms with van der Waals surface area (Å²) < 4.78 is 5.35. The quantitative estimate of drug-likeness (QED) is 0.711. The first-order valence-electron chi connectivity index (χ1n) is 5.37. The Morgan fingerprint density at radius 2 is 2.31 bits per heavy atom. The molecule has 0 aliphatic heterocycles. The lowest BCUT2D eigenvalue weighted by atomic mass is 10.2. The van der Waals surface area contributed by atoms with E-state index in [0.29, 0.717) is 19.6 Å². The zero-order valence-electron chi connectivity index (χ0n) is 9.43. The Hall–Kier alpha value is -1.55. The van der Waals surface area contributed by atoms with Crippen LogP contribution >= 0.6 is 0 Å². The van der Waals surface area contributed by atoms with Crippen LogP contribution in [-0.4, -0.2) is 31.3 Å². The summed E-state index contributed by atoms with van der Waals surface area (Å²) in [7, 11) is 0. The fourth-order valence-corrected chi connectivity index (χ4v) is 1.40. The van der Waals surface area contributed by atoms with Crippen LogP contribution in [0.2, 0.25) is 0 Å². The first-order valence-corrected chi connectivity index (χ1v) is 5.37. The third-order valence-electron chi connectivity index (χ3n) is 2.14. The Labute approximate surface area is 95.5 Å². The molecule has 0 atom stereocenters. The number of amides is 1. The lowest BCUT2D eigenvalue weighted by Gasteiger charge is -2.17. The van der Waals surface area contributed by atoms with Crippen LogP contribution in [0.5, 0.6) is 5.75 Å². The molecule has 0 unspecified atom stereocenters. The highest BCUT2D eigenvalue weighted by Crippen LogP contribution is 2.20. The van der Waals surface area contributed by atoms with Gasteiger partial charge in [0.2, 0.25) is 6.41 Å². The van der Waals surface area contributed by atoms with Crippen molar-refractivity contribution in [3.05, 3.63) is 24.3 Å². The van der Waals surface area contributed by atoms with Crippen molar-refractivity contribution >= 4 is 12.1 Å². The summed E-state index contributed by atoms with van der Waals surface area (Å²) >= 11 is 0. The van der Waals surface area contributed by atoms with E-state index in [1.54, 1.807) is 4.90 Å². The molecular weight excluding hydrogens is 206 g/mol. The summed E-state index contributed by atoms with van der Waals surface area (Å²) in [6.07, 6.45) is 1.33. The fourth-order valence-electron chi connectivity index (χ4n) is 1.40. The Morgan fingerprint density at radius 1 is 1.50 bits per heavy atom. The van der Waals surface area contributed by atoms with E-state index in [1.807, 2.05) is 31.2 Å². The van der Waals surface area contributed by atoms with Crippen molar-refractivity contribution in [2.24, 2.45) is 0 Å². The molecule has 1 aromatic carbocycles. The Morgan fingerprint density at radius 3 is 2.94 bits per heavy atom. The molecule has 16 heavy (non-hydrogen) atoms. The fraction of sp³-hybridized carbons (Fsp3) is 0.417. The Balaban J connectivity index is 2.75. The number of ether oxygens (including phenoxy) is 1. The highest BCUT2D eigenvalue weighted by Gasteiger charge is 2.05. The van der Waals surface area contributed by atoms with Gasteiger partial charge in [0.25, 0.3) is 0 Å². The zero-order valence-corrected chi connectivity index (χ0v) is 9.43. The van der Waals surface area contributed by atoms with E-state index in [1.165, 1.54) is 0 Å². The topological polar surface area (TPSA) is 49.8 Å². The van der Waals surface area contributed by atoms with Crippen LogP contribution in [0.15, 0.2) is 24.3 Å². The molecule has 1 rings (SSSR count). The molecule has 4 heteroatoms. The van der Waals surface area contributed by atoms with Crippen molar-refractivity contribution in [1.29, 1.82) is 0 Å². The molecule has 88 valence electrons. The molecule has 1 amide bonds. The van der Waals surface area contributed by atoms with Crippen LogP contribution in [0.1, 0.15) is 13.3 Å². The third-order valence-corrected chi connectivity index (χ3v) is 2.14. The van der Waals surface area contributed by atoms with Crippen molar-refractivity contribution in [2.75, 3.05) is 24.7 Å². The molecule has 0 saturated heterocycles. The molecule has 0 heterocycles.